The molecule has 3 aromatic rings. The van der Waals surface area contributed by atoms with Gasteiger partial charge in [-0.05, 0) is 30.7 Å². The number of tetrazole rings is 1. The van der Waals surface area contributed by atoms with Crippen LogP contribution in [0.5, 0.6) is 11.5 Å². The van der Waals surface area contributed by atoms with Crippen molar-refractivity contribution in [2.24, 2.45) is 0 Å². The van der Waals surface area contributed by atoms with E-state index in [0.29, 0.717) is 35.1 Å². The van der Waals surface area contributed by atoms with Gasteiger partial charge in [-0.2, -0.15) is 5.21 Å². The quantitative estimate of drug-likeness (QED) is 0.665. The van der Waals surface area contributed by atoms with Crippen LogP contribution in [0.4, 0.5) is 0 Å². The minimum Gasteiger partial charge on any atom is -0.485 e. The molecule has 2 N–H and O–H groups in total. The molecule has 1 atom stereocenters. The van der Waals surface area contributed by atoms with Crippen LogP contribution in [0.1, 0.15) is 33.6 Å². The van der Waals surface area contributed by atoms with Crippen molar-refractivity contribution < 1.29 is 18.7 Å². The Morgan fingerprint density at radius 3 is 2.89 bits per heavy atom. The van der Waals surface area contributed by atoms with Crippen LogP contribution in [0.3, 0.4) is 0 Å². The molecule has 144 valence electrons. The number of nitrogens with zero attached hydrogens (tertiary/aromatic N) is 3. The summed E-state index contributed by atoms with van der Waals surface area (Å²) in [7, 11) is 0. The maximum atomic E-state index is 12.4. The zero-order valence-corrected chi connectivity index (χ0v) is 15.0. The third-order valence-corrected chi connectivity index (χ3v) is 4.24. The zero-order chi connectivity index (χ0) is 19.5. The molecule has 1 aliphatic rings. The first kappa shape index (κ1) is 17.7. The van der Waals surface area contributed by atoms with E-state index >= 15 is 0 Å². The van der Waals surface area contributed by atoms with Crippen LogP contribution >= 0.6 is 0 Å². The van der Waals surface area contributed by atoms with Crippen molar-refractivity contribution in [2.45, 2.75) is 19.4 Å². The highest BCUT2D eigenvalue weighted by molar-refractivity contribution is 5.95. The van der Waals surface area contributed by atoms with Gasteiger partial charge in [-0.1, -0.05) is 17.3 Å². The Balaban J connectivity index is 1.47. The number of aromatic amines is 1. The predicted molar refractivity (Wildman–Crippen MR) is 95.2 cm³/mol. The summed E-state index contributed by atoms with van der Waals surface area (Å²) in [5.41, 5.74) is -0.283. The number of aryl methyl sites for hydroxylation is 1. The number of benzene rings is 1. The van der Waals surface area contributed by atoms with E-state index in [1.54, 1.807) is 25.1 Å². The lowest BCUT2D eigenvalue weighted by atomic mass is 10.1. The number of H-pyrrole nitrogens is 1. The number of aromatic nitrogens is 4. The molecular formula is C18H17N5O5. The van der Waals surface area contributed by atoms with Gasteiger partial charge in [0, 0.05) is 13.0 Å². The van der Waals surface area contributed by atoms with Crippen LogP contribution in [0.25, 0.3) is 0 Å². The van der Waals surface area contributed by atoms with E-state index in [1.165, 1.54) is 0 Å². The molecule has 1 aromatic carbocycles. The molecule has 0 saturated carbocycles. The Bertz CT molecular complexity index is 1050. The predicted octanol–water partition coefficient (Wildman–Crippen LogP) is 0.946. The van der Waals surface area contributed by atoms with Crippen molar-refractivity contribution >= 4 is 5.91 Å². The number of ether oxygens (including phenoxy) is 2. The molecule has 10 heteroatoms. The SMILES string of the molecule is Cc1cc(C2COc3ccccc3O2)oc(=O)c1C(=O)NCCc1nn[nH]n1. The van der Waals surface area contributed by atoms with Gasteiger partial charge in [0.05, 0.1) is 0 Å². The van der Waals surface area contributed by atoms with Crippen LogP contribution in [0.2, 0.25) is 0 Å². The number of para-hydroxylation sites is 2. The molecule has 0 spiro atoms. The Labute approximate surface area is 158 Å². The number of hydrogen-bond donors (Lipinski definition) is 2. The molecule has 1 aliphatic heterocycles. The highest BCUT2D eigenvalue weighted by Crippen LogP contribution is 2.35. The standard InChI is InChI=1S/C18H17N5O5/c1-10-8-13(14-9-26-11-4-2-3-5-12(11)27-14)28-18(25)16(10)17(24)19-7-6-15-20-22-23-21-15/h2-5,8,14H,6-7,9H2,1H3,(H,19,24)(H,20,21,22,23). The van der Waals surface area contributed by atoms with Crippen molar-refractivity contribution in [2.75, 3.05) is 13.2 Å². The molecular weight excluding hydrogens is 366 g/mol. The minimum atomic E-state index is -0.727. The second-order valence-corrected chi connectivity index (χ2v) is 6.19. The lowest BCUT2D eigenvalue weighted by Gasteiger charge is -2.25. The number of rotatable bonds is 5. The lowest BCUT2D eigenvalue weighted by Crippen LogP contribution is -2.32. The topological polar surface area (TPSA) is 132 Å². The van der Waals surface area contributed by atoms with Crippen LogP contribution in [0, 0.1) is 6.92 Å². The van der Waals surface area contributed by atoms with Crippen molar-refractivity contribution in [3.8, 4) is 11.5 Å². The summed E-state index contributed by atoms with van der Waals surface area (Å²) in [4.78, 5) is 24.8. The van der Waals surface area contributed by atoms with Crippen molar-refractivity contribution in [3.63, 3.8) is 0 Å². The largest absolute Gasteiger partial charge is 0.485 e. The first-order chi connectivity index (χ1) is 13.6. The zero-order valence-electron chi connectivity index (χ0n) is 15.0. The third kappa shape index (κ3) is 3.56. The molecule has 10 nitrogen and oxygen atoms in total. The van der Waals surface area contributed by atoms with Gasteiger partial charge in [0.25, 0.3) is 5.91 Å². The molecule has 0 bridgehead atoms. The first-order valence-corrected chi connectivity index (χ1v) is 8.65. The van der Waals surface area contributed by atoms with E-state index in [4.69, 9.17) is 13.9 Å². The second kappa shape index (κ2) is 7.51. The van der Waals surface area contributed by atoms with E-state index in [-0.39, 0.29) is 18.7 Å². The van der Waals surface area contributed by atoms with Gasteiger partial charge in [0.1, 0.15) is 12.2 Å². The number of hydrogen-bond acceptors (Lipinski definition) is 8. The Kier molecular flexibility index (Phi) is 4.75. The van der Waals surface area contributed by atoms with Crippen molar-refractivity contribution in [1.82, 2.24) is 25.9 Å². The number of carbonyl (C=O) groups excluding carboxylic acids is 1. The van der Waals surface area contributed by atoms with Gasteiger partial charge in [-0.15, -0.1) is 10.2 Å². The molecule has 0 saturated heterocycles. The molecule has 0 fully saturated rings. The number of fused-ring (bicyclic) bond motifs is 1. The van der Waals surface area contributed by atoms with Gasteiger partial charge in [-0.25, -0.2) is 4.79 Å². The smallest absolute Gasteiger partial charge is 0.349 e. The summed E-state index contributed by atoms with van der Waals surface area (Å²) in [5, 5.41) is 16.0. The lowest BCUT2D eigenvalue weighted by molar-refractivity contribution is 0.0721. The van der Waals surface area contributed by atoms with E-state index in [9.17, 15) is 9.59 Å². The van der Waals surface area contributed by atoms with Gasteiger partial charge < -0.3 is 19.2 Å². The van der Waals surface area contributed by atoms with E-state index in [1.807, 2.05) is 12.1 Å². The van der Waals surface area contributed by atoms with Crippen LogP contribution in [0.15, 0.2) is 39.5 Å². The second-order valence-electron chi connectivity index (χ2n) is 6.19. The molecule has 3 heterocycles. The average molecular weight is 383 g/mol. The van der Waals surface area contributed by atoms with Crippen molar-refractivity contribution in [1.29, 1.82) is 0 Å². The third-order valence-electron chi connectivity index (χ3n) is 4.24. The molecule has 4 rings (SSSR count). The summed E-state index contributed by atoms with van der Waals surface area (Å²) in [5.74, 6) is 1.46. The minimum absolute atomic E-state index is 0.0472. The van der Waals surface area contributed by atoms with Crippen LogP contribution < -0.4 is 20.4 Å². The normalized spacial score (nSPS) is 15.2. The molecule has 0 radical (unpaired) electrons. The molecule has 1 amide bonds. The summed E-state index contributed by atoms with van der Waals surface area (Å²) in [6.07, 6.45) is -0.186. The van der Waals surface area contributed by atoms with Gasteiger partial charge in [0.15, 0.2) is 29.2 Å². The summed E-state index contributed by atoms with van der Waals surface area (Å²) < 4.78 is 16.9. The Hall–Kier alpha value is -3.69. The Morgan fingerprint density at radius 2 is 2.14 bits per heavy atom. The number of carbonyl (C=O) groups is 1. The summed E-state index contributed by atoms with van der Waals surface area (Å²) in [6.45, 7) is 2.14. The molecule has 2 aromatic heterocycles. The van der Waals surface area contributed by atoms with E-state index in [2.05, 4.69) is 25.9 Å². The van der Waals surface area contributed by atoms with Gasteiger partial charge >= 0.3 is 5.63 Å². The fourth-order valence-corrected chi connectivity index (χ4v) is 2.89. The van der Waals surface area contributed by atoms with E-state index in [0.717, 1.165) is 0 Å². The molecule has 28 heavy (non-hydrogen) atoms. The molecule has 1 unspecified atom stereocenters. The summed E-state index contributed by atoms with van der Waals surface area (Å²) in [6, 6.07) is 8.87. The first-order valence-electron chi connectivity index (χ1n) is 8.65. The number of amides is 1. The fraction of sp³-hybridized carbons (Fsp3) is 0.278. The maximum absolute atomic E-state index is 12.4. The average Bonchev–Trinajstić information content (AvgIpc) is 3.20. The fourth-order valence-electron chi connectivity index (χ4n) is 2.89. The summed E-state index contributed by atoms with van der Waals surface area (Å²) >= 11 is 0. The van der Waals surface area contributed by atoms with E-state index < -0.39 is 17.6 Å². The van der Waals surface area contributed by atoms with Crippen LogP contribution in [-0.2, 0) is 6.42 Å². The maximum Gasteiger partial charge on any atom is 0.349 e. The highest BCUT2D eigenvalue weighted by Gasteiger charge is 2.27. The monoisotopic (exact) mass is 383 g/mol. The highest BCUT2D eigenvalue weighted by atomic mass is 16.6. The molecule has 0 aliphatic carbocycles. The Morgan fingerprint density at radius 1 is 1.32 bits per heavy atom. The van der Waals surface area contributed by atoms with Gasteiger partial charge in [-0.3, -0.25) is 4.79 Å². The number of nitrogens with one attached hydrogen (secondary N) is 2. The van der Waals surface area contributed by atoms with Crippen molar-refractivity contribution in [3.05, 3.63) is 63.5 Å². The van der Waals surface area contributed by atoms with Crippen LogP contribution in [-0.4, -0.2) is 39.7 Å². The van der Waals surface area contributed by atoms with Gasteiger partial charge in [0.2, 0.25) is 0 Å².